The summed E-state index contributed by atoms with van der Waals surface area (Å²) in [5, 5.41) is 6.44. The zero-order valence-electron chi connectivity index (χ0n) is 11.8. The maximum atomic E-state index is 12.0. The maximum Gasteiger partial charge on any atom is 0.268 e. The summed E-state index contributed by atoms with van der Waals surface area (Å²) in [6.07, 6.45) is 6.49. The van der Waals surface area contributed by atoms with E-state index in [1.807, 2.05) is 0 Å². The average Bonchev–Trinajstić information content (AvgIpc) is 3.14. The highest BCUT2D eigenvalue weighted by Gasteiger charge is 2.24. The quantitative estimate of drug-likeness (QED) is 0.890. The fourth-order valence-corrected chi connectivity index (χ4v) is 2.05. The van der Waals surface area contributed by atoms with Gasteiger partial charge in [0.15, 0.2) is 5.82 Å². The molecule has 3 rings (SSSR count). The van der Waals surface area contributed by atoms with E-state index in [0.29, 0.717) is 5.69 Å². The van der Waals surface area contributed by atoms with Crippen molar-refractivity contribution in [3.63, 3.8) is 0 Å². The number of hydrogen-bond acceptors (Lipinski definition) is 5. The van der Waals surface area contributed by atoms with E-state index >= 15 is 0 Å². The van der Waals surface area contributed by atoms with Crippen LogP contribution in [0.15, 0.2) is 40.0 Å². The Balaban J connectivity index is 1.64. The molecule has 0 radical (unpaired) electrons. The number of aromatic nitrogens is 3. The standard InChI is InChI=1S/C14H13N5O3/c1-19-7-3-5-10(19)14(21)16-8-11-17-12(18-22-11)9-4-2-6-15-13(9)20/h2-7,9H,8H2,1H3,(H,16,21). The number of rotatable bonds is 4. The number of aliphatic imine (C=N–C) groups is 1. The SMILES string of the molecule is Cn1cccc1C(=O)NCc1nc(C2C=CC=NC2=O)no1. The highest BCUT2D eigenvalue weighted by molar-refractivity contribution is 5.96. The van der Waals surface area contributed by atoms with Crippen molar-refractivity contribution in [3.05, 3.63) is 47.9 Å². The number of carbonyl (C=O) groups excluding carboxylic acids is 2. The molecule has 0 aliphatic carbocycles. The van der Waals surface area contributed by atoms with Crippen LogP contribution in [-0.2, 0) is 18.4 Å². The lowest BCUT2D eigenvalue weighted by Gasteiger charge is -2.05. The maximum absolute atomic E-state index is 12.0. The van der Waals surface area contributed by atoms with Crippen LogP contribution in [0.25, 0.3) is 0 Å². The fourth-order valence-electron chi connectivity index (χ4n) is 2.05. The number of carbonyl (C=O) groups is 2. The Bertz CT molecular complexity index is 771. The van der Waals surface area contributed by atoms with E-state index in [1.165, 1.54) is 6.21 Å². The van der Waals surface area contributed by atoms with E-state index in [2.05, 4.69) is 20.4 Å². The van der Waals surface area contributed by atoms with Gasteiger partial charge < -0.3 is 14.4 Å². The average molecular weight is 299 g/mol. The summed E-state index contributed by atoms with van der Waals surface area (Å²) in [5.74, 6) is -0.756. The Labute approximate surface area is 125 Å². The molecule has 1 unspecified atom stereocenters. The Kier molecular flexibility index (Phi) is 3.65. The fraction of sp³-hybridized carbons (Fsp3) is 0.214. The second-order valence-corrected chi connectivity index (χ2v) is 4.71. The molecule has 1 N–H and O–H groups in total. The van der Waals surface area contributed by atoms with Gasteiger partial charge in [0.1, 0.15) is 11.6 Å². The molecule has 0 saturated carbocycles. The van der Waals surface area contributed by atoms with Crippen molar-refractivity contribution in [2.45, 2.75) is 12.5 Å². The highest BCUT2D eigenvalue weighted by Crippen LogP contribution is 2.17. The smallest absolute Gasteiger partial charge is 0.268 e. The number of nitrogens with zero attached hydrogens (tertiary/aromatic N) is 4. The van der Waals surface area contributed by atoms with Crippen LogP contribution in [0.1, 0.15) is 28.1 Å². The first-order chi connectivity index (χ1) is 10.6. The van der Waals surface area contributed by atoms with E-state index in [1.54, 1.807) is 42.1 Å². The van der Waals surface area contributed by atoms with Crippen LogP contribution in [0.5, 0.6) is 0 Å². The molecule has 0 bridgehead atoms. The Hall–Kier alpha value is -3.03. The summed E-state index contributed by atoms with van der Waals surface area (Å²) in [6.45, 7) is 0.0882. The first-order valence-electron chi connectivity index (χ1n) is 6.62. The van der Waals surface area contributed by atoms with Gasteiger partial charge in [-0.1, -0.05) is 11.2 Å². The largest absolute Gasteiger partial charge is 0.347 e. The monoisotopic (exact) mass is 299 g/mol. The molecule has 0 saturated heterocycles. The van der Waals surface area contributed by atoms with Gasteiger partial charge in [-0.3, -0.25) is 9.59 Å². The van der Waals surface area contributed by atoms with Gasteiger partial charge in [-0.2, -0.15) is 4.98 Å². The molecule has 0 fully saturated rings. The van der Waals surface area contributed by atoms with Crippen LogP contribution in [-0.4, -0.2) is 32.7 Å². The molecular weight excluding hydrogens is 286 g/mol. The molecule has 112 valence electrons. The summed E-state index contributed by atoms with van der Waals surface area (Å²) >= 11 is 0. The molecule has 0 spiro atoms. The van der Waals surface area contributed by atoms with Gasteiger partial charge in [0, 0.05) is 19.5 Å². The van der Waals surface area contributed by atoms with Crippen molar-refractivity contribution in [1.29, 1.82) is 0 Å². The van der Waals surface area contributed by atoms with Gasteiger partial charge in [0.25, 0.3) is 11.8 Å². The molecular formula is C14H13N5O3. The van der Waals surface area contributed by atoms with Crippen LogP contribution in [0.3, 0.4) is 0 Å². The molecule has 3 heterocycles. The number of aryl methyl sites for hydroxylation is 1. The molecule has 8 nitrogen and oxygen atoms in total. The second-order valence-electron chi connectivity index (χ2n) is 4.71. The van der Waals surface area contributed by atoms with E-state index in [-0.39, 0.29) is 30.1 Å². The zero-order valence-corrected chi connectivity index (χ0v) is 11.8. The third-order valence-electron chi connectivity index (χ3n) is 3.20. The predicted molar refractivity (Wildman–Crippen MR) is 76.3 cm³/mol. The van der Waals surface area contributed by atoms with Gasteiger partial charge in [-0.05, 0) is 18.2 Å². The van der Waals surface area contributed by atoms with Crippen molar-refractivity contribution >= 4 is 18.0 Å². The minimum atomic E-state index is -0.633. The van der Waals surface area contributed by atoms with Gasteiger partial charge in [-0.15, -0.1) is 0 Å². The molecule has 8 heteroatoms. The molecule has 0 aromatic carbocycles. The van der Waals surface area contributed by atoms with E-state index in [4.69, 9.17) is 4.52 Å². The minimum absolute atomic E-state index is 0.0882. The number of amides is 2. The first-order valence-corrected chi connectivity index (χ1v) is 6.62. The van der Waals surface area contributed by atoms with E-state index < -0.39 is 5.92 Å². The highest BCUT2D eigenvalue weighted by atomic mass is 16.5. The molecule has 1 aliphatic heterocycles. The Morgan fingerprint density at radius 1 is 1.50 bits per heavy atom. The summed E-state index contributed by atoms with van der Waals surface area (Å²) in [5.41, 5.74) is 0.527. The van der Waals surface area contributed by atoms with Crippen molar-refractivity contribution in [3.8, 4) is 0 Å². The third kappa shape index (κ3) is 2.71. The lowest BCUT2D eigenvalue weighted by atomic mass is 10.1. The Morgan fingerprint density at radius 3 is 3.09 bits per heavy atom. The normalized spacial score (nSPS) is 17.0. The van der Waals surface area contributed by atoms with Crippen LogP contribution in [0, 0.1) is 0 Å². The third-order valence-corrected chi connectivity index (χ3v) is 3.20. The zero-order chi connectivity index (χ0) is 15.5. The van der Waals surface area contributed by atoms with Crippen LogP contribution < -0.4 is 5.32 Å². The lowest BCUT2D eigenvalue weighted by Crippen LogP contribution is -2.25. The molecule has 2 aromatic rings. The van der Waals surface area contributed by atoms with Crippen molar-refractivity contribution in [1.82, 2.24) is 20.0 Å². The molecule has 22 heavy (non-hydrogen) atoms. The number of nitrogens with one attached hydrogen (secondary N) is 1. The second kappa shape index (κ2) is 5.76. The van der Waals surface area contributed by atoms with Gasteiger partial charge in [-0.25, -0.2) is 4.99 Å². The van der Waals surface area contributed by atoms with Gasteiger partial charge in [0.2, 0.25) is 5.89 Å². The summed E-state index contributed by atoms with van der Waals surface area (Å²) < 4.78 is 6.75. The minimum Gasteiger partial charge on any atom is -0.347 e. The number of allylic oxidation sites excluding steroid dienone is 1. The summed E-state index contributed by atoms with van der Waals surface area (Å²) in [4.78, 5) is 31.4. The van der Waals surface area contributed by atoms with Crippen molar-refractivity contribution in [2.75, 3.05) is 0 Å². The number of hydrogen-bond donors (Lipinski definition) is 1. The van der Waals surface area contributed by atoms with Crippen LogP contribution >= 0.6 is 0 Å². The molecule has 1 atom stereocenters. The van der Waals surface area contributed by atoms with E-state index in [0.717, 1.165) is 0 Å². The lowest BCUT2D eigenvalue weighted by molar-refractivity contribution is -0.118. The summed E-state index contributed by atoms with van der Waals surface area (Å²) in [6, 6.07) is 3.49. The topological polar surface area (TPSA) is 102 Å². The predicted octanol–water partition coefficient (Wildman–Crippen LogP) is 0.589. The summed E-state index contributed by atoms with van der Waals surface area (Å²) in [7, 11) is 1.78. The van der Waals surface area contributed by atoms with Crippen molar-refractivity contribution in [2.24, 2.45) is 12.0 Å². The van der Waals surface area contributed by atoms with E-state index in [9.17, 15) is 9.59 Å². The Morgan fingerprint density at radius 2 is 2.36 bits per heavy atom. The van der Waals surface area contributed by atoms with Gasteiger partial charge in [0.05, 0.1) is 6.54 Å². The van der Waals surface area contributed by atoms with Crippen LogP contribution in [0.4, 0.5) is 0 Å². The van der Waals surface area contributed by atoms with Crippen LogP contribution in [0.2, 0.25) is 0 Å². The van der Waals surface area contributed by atoms with Crippen molar-refractivity contribution < 1.29 is 14.1 Å². The number of dihydropyridines is 1. The van der Waals surface area contributed by atoms with Gasteiger partial charge >= 0.3 is 0 Å². The molecule has 2 aromatic heterocycles. The molecule has 1 aliphatic rings. The molecule has 2 amide bonds. The first kappa shape index (κ1) is 13.9.